The van der Waals surface area contributed by atoms with E-state index in [-0.39, 0.29) is 24.0 Å². The molecular formula is C21H37IN4O2. The van der Waals surface area contributed by atoms with Gasteiger partial charge in [0.15, 0.2) is 5.96 Å². The van der Waals surface area contributed by atoms with Crippen LogP contribution in [0.3, 0.4) is 0 Å². The summed E-state index contributed by atoms with van der Waals surface area (Å²) < 4.78 is 10.7. The number of methoxy groups -OCH3 is 1. The smallest absolute Gasteiger partial charge is 0.191 e. The van der Waals surface area contributed by atoms with Gasteiger partial charge in [-0.25, -0.2) is 0 Å². The fourth-order valence-corrected chi connectivity index (χ4v) is 3.27. The second-order valence-electron chi connectivity index (χ2n) is 6.85. The van der Waals surface area contributed by atoms with Crippen LogP contribution in [0.5, 0.6) is 5.75 Å². The zero-order valence-electron chi connectivity index (χ0n) is 17.6. The van der Waals surface area contributed by atoms with E-state index in [2.05, 4.69) is 40.7 Å². The standard InChI is InChI=1S/C21H36N4O2.HI/c1-4-22-21(23-12-6-7-14-27-5-2)24-16-18-11-13-25(17-18)19-9-8-10-20(15-19)26-3;/h8-10,15,18H,4-7,11-14,16-17H2,1-3H3,(H2,22,23,24);1H. The predicted molar refractivity (Wildman–Crippen MR) is 128 cm³/mol. The van der Waals surface area contributed by atoms with Crippen LogP contribution in [0.4, 0.5) is 5.69 Å². The quantitative estimate of drug-likeness (QED) is 0.209. The molecule has 0 aromatic heterocycles. The van der Waals surface area contributed by atoms with Crippen molar-refractivity contribution in [2.75, 3.05) is 57.9 Å². The number of hydrogen-bond acceptors (Lipinski definition) is 4. The zero-order valence-corrected chi connectivity index (χ0v) is 19.9. The van der Waals surface area contributed by atoms with Gasteiger partial charge in [0.2, 0.25) is 0 Å². The minimum atomic E-state index is 0. The monoisotopic (exact) mass is 504 g/mol. The van der Waals surface area contributed by atoms with Gasteiger partial charge in [0, 0.05) is 57.7 Å². The first-order valence-corrected chi connectivity index (χ1v) is 10.3. The van der Waals surface area contributed by atoms with Gasteiger partial charge in [-0.1, -0.05) is 6.07 Å². The van der Waals surface area contributed by atoms with Crippen LogP contribution >= 0.6 is 24.0 Å². The Labute approximate surface area is 187 Å². The molecule has 6 nitrogen and oxygen atoms in total. The van der Waals surface area contributed by atoms with Gasteiger partial charge in [0.1, 0.15) is 5.75 Å². The molecule has 1 saturated heterocycles. The zero-order chi connectivity index (χ0) is 19.3. The highest BCUT2D eigenvalue weighted by molar-refractivity contribution is 14.0. The molecule has 2 N–H and O–H groups in total. The molecule has 1 aliphatic rings. The van der Waals surface area contributed by atoms with E-state index in [1.807, 2.05) is 13.0 Å². The molecule has 0 spiro atoms. The van der Waals surface area contributed by atoms with Crippen molar-refractivity contribution in [3.8, 4) is 5.75 Å². The van der Waals surface area contributed by atoms with E-state index in [1.54, 1.807) is 7.11 Å². The average Bonchev–Trinajstić information content (AvgIpc) is 3.18. The summed E-state index contributed by atoms with van der Waals surface area (Å²) in [6.45, 7) is 10.6. The lowest BCUT2D eigenvalue weighted by Gasteiger charge is -2.19. The van der Waals surface area contributed by atoms with E-state index in [0.717, 1.165) is 70.5 Å². The molecule has 0 radical (unpaired) electrons. The first-order valence-electron chi connectivity index (χ1n) is 10.3. The maximum absolute atomic E-state index is 5.38. The summed E-state index contributed by atoms with van der Waals surface area (Å²) in [6, 6.07) is 8.31. The Bertz CT molecular complexity index is 571. The predicted octanol–water partition coefficient (Wildman–Crippen LogP) is 3.51. The van der Waals surface area contributed by atoms with Crippen LogP contribution < -0.4 is 20.3 Å². The summed E-state index contributed by atoms with van der Waals surface area (Å²) in [4.78, 5) is 7.23. The van der Waals surface area contributed by atoms with Crippen molar-refractivity contribution in [3.63, 3.8) is 0 Å². The van der Waals surface area contributed by atoms with Crippen LogP contribution in [0.25, 0.3) is 0 Å². The highest BCUT2D eigenvalue weighted by Gasteiger charge is 2.22. The Kier molecular flexibility index (Phi) is 13.1. The first-order chi connectivity index (χ1) is 13.3. The maximum atomic E-state index is 5.38. The molecule has 1 atom stereocenters. The summed E-state index contributed by atoms with van der Waals surface area (Å²) in [5.41, 5.74) is 1.24. The molecule has 0 bridgehead atoms. The van der Waals surface area contributed by atoms with Gasteiger partial charge in [0.25, 0.3) is 0 Å². The third kappa shape index (κ3) is 8.86. The summed E-state index contributed by atoms with van der Waals surface area (Å²) in [5.74, 6) is 2.43. The Morgan fingerprint density at radius 3 is 2.86 bits per heavy atom. The molecular weight excluding hydrogens is 467 g/mol. The van der Waals surface area contributed by atoms with E-state index in [1.165, 1.54) is 12.1 Å². The molecule has 0 aliphatic carbocycles. The van der Waals surface area contributed by atoms with Crippen LogP contribution in [-0.4, -0.2) is 59.0 Å². The summed E-state index contributed by atoms with van der Waals surface area (Å²) in [5, 5.41) is 6.78. The third-order valence-electron chi connectivity index (χ3n) is 4.77. The maximum Gasteiger partial charge on any atom is 0.191 e. The minimum Gasteiger partial charge on any atom is -0.497 e. The average molecular weight is 504 g/mol. The fraction of sp³-hybridized carbons (Fsp3) is 0.667. The van der Waals surface area contributed by atoms with E-state index in [4.69, 9.17) is 14.5 Å². The van der Waals surface area contributed by atoms with Gasteiger partial charge in [-0.15, -0.1) is 24.0 Å². The van der Waals surface area contributed by atoms with Crippen LogP contribution in [0, 0.1) is 5.92 Å². The molecule has 1 heterocycles. The normalized spacial score (nSPS) is 16.6. The summed E-state index contributed by atoms with van der Waals surface area (Å²) in [7, 11) is 1.71. The lowest BCUT2D eigenvalue weighted by atomic mass is 10.1. The number of ether oxygens (including phenoxy) is 2. The molecule has 1 aromatic carbocycles. The van der Waals surface area contributed by atoms with Crippen LogP contribution in [0.2, 0.25) is 0 Å². The Hall–Kier alpha value is -1.22. The van der Waals surface area contributed by atoms with E-state index in [0.29, 0.717) is 5.92 Å². The SMILES string of the molecule is CCNC(=NCC1CCN(c2cccc(OC)c2)C1)NCCCCOCC.I. The lowest BCUT2D eigenvalue weighted by molar-refractivity contribution is 0.143. The second kappa shape index (κ2) is 14.7. The van der Waals surface area contributed by atoms with Crippen molar-refractivity contribution >= 4 is 35.6 Å². The number of anilines is 1. The number of halogens is 1. The van der Waals surface area contributed by atoms with Crippen molar-refractivity contribution in [2.24, 2.45) is 10.9 Å². The van der Waals surface area contributed by atoms with Crippen LogP contribution in [0.15, 0.2) is 29.3 Å². The Balaban J connectivity index is 0.00000392. The number of nitrogens with zero attached hydrogens (tertiary/aromatic N) is 2. The van der Waals surface area contributed by atoms with Crippen LogP contribution in [0.1, 0.15) is 33.1 Å². The molecule has 7 heteroatoms. The number of aliphatic imine (C=N–C) groups is 1. The van der Waals surface area contributed by atoms with Crippen molar-refractivity contribution in [1.82, 2.24) is 10.6 Å². The molecule has 28 heavy (non-hydrogen) atoms. The minimum absolute atomic E-state index is 0. The number of rotatable bonds is 11. The largest absolute Gasteiger partial charge is 0.497 e. The molecule has 2 rings (SSSR count). The van der Waals surface area contributed by atoms with Gasteiger partial charge in [-0.2, -0.15) is 0 Å². The summed E-state index contributed by atoms with van der Waals surface area (Å²) in [6.07, 6.45) is 3.35. The van der Waals surface area contributed by atoms with Crippen molar-refractivity contribution in [3.05, 3.63) is 24.3 Å². The van der Waals surface area contributed by atoms with E-state index in [9.17, 15) is 0 Å². The second-order valence-corrected chi connectivity index (χ2v) is 6.85. The van der Waals surface area contributed by atoms with Crippen molar-refractivity contribution in [2.45, 2.75) is 33.1 Å². The van der Waals surface area contributed by atoms with Crippen LogP contribution in [-0.2, 0) is 4.74 Å². The number of unbranched alkanes of at least 4 members (excludes halogenated alkanes) is 1. The van der Waals surface area contributed by atoms with Gasteiger partial charge in [-0.3, -0.25) is 4.99 Å². The molecule has 1 unspecified atom stereocenters. The fourth-order valence-electron chi connectivity index (χ4n) is 3.27. The lowest BCUT2D eigenvalue weighted by Crippen LogP contribution is -2.38. The molecule has 1 aromatic rings. The number of benzene rings is 1. The summed E-state index contributed by atoms with van der Waals surface area (Å²) >= 11 is 0. The highest BCUT2D eigenvalue weighted by atomic mass is 127. The van der Waals surface area contributed by atoms with E-state index >= 15 is 0 Å². The molecule has 0 amide bonds. The highest BCUT2D eigenvalue weighted by Crippen LogP contribution is 2.26. The van der Waals surface area contributed by atoms with Gasteiger partial charge >= 0.3 is 0 Å². The molecule has 1 aliphatic heterocycles. The van der Waals surface area contributed by atoms with Gasteiger partial charge in [0.05, 0.1) is 7.11 Å². The molecule has 160 valence electrons. The first kappa shape index (κ1) is 24.8. The number of guanidine groups is 1. The van der Waals surface area contributed by atoms with Crippen molar-refractivity contribution in [1.29, 1.82) is 0 Å². The molecule has 0 saturated carbocycles. The number of nitrogens with one attached hydrogen (secondary N) is 2. The Morgan fingerprint density at radius 1 is 1.25 bits per heavy atom. The van der Waals surface area contributed by atoms with E-state index < -0.39 is 0 Å². The van der Waals surface area contributed by atoms with Crippen molar-refractivity contribution < 1.29 is 9.47 Å². The topological polar surface area (TPSA) is 58.1 Å². The van der Waals surface area contributed by atoms with Gasteiger partial charge in [-0.05, 0) is 51.2 Å². The molecule has 1 fully saturated rings. The third-order valence-corrected chi connectivity index (χ3v) is 4.77. The van der Waals surface area contributed by atoms with Gasteiger partial charge < -0.3 is 25.0 Å². The Morgan fingerprint density at radius 2 is 2.11 bits per heavy atom. The number of hydrogen-bond donors (Lipinski definition) is 2.